The summed E-state index contributed by atoms with van der Waals surface area (Å²) in [6.45, 7) is 0. The SMILES string of the molecule is c1ccc(-c2c3c(cc4c(-c5cccc(-c6cccc7c6oc6ccccc67)c5)nc5ccccc5c24)oc2ccccc23)cc1. The molecule has 0 unspecified atom stereocenters. The molecule has 7 aromatic carbocycles. The zero-order valence-electron chi connectivity index (χ0n) is 24.7. The fraction of sp³-hybridized carbons (Fsp3) is 0. The number of hydrogen-bond acceptors (Lipinski definition) is 3. The van der Waals surface area contributed by atoms with Crippen molar-refractivity contribution in [2.75, 3.05) is 0 Å². The summed E-state index contributed by atoms with van der Waals surface area (Å²) in [5.41, 5.74) is 10.9. The van der Waals surface area contributed by atoms with Gasteiger partial charge in [0.2, 0.25) is 0 Å². The number of fused-ring (bicyclic) bond motifs is 9. The fourth-order valence-corrected chi connectivity index (χ4v) is 7.24. The van der Waals surface area contributed by atoms with Gasteiger partial charge in [0.05, 0.1) is 11.2 Å². The number of benzene rings is 7. The quantitative estimate of drug-likeness (QED) is 0.193. The van der Waals surface area contributed by atoms with Crippen molar-refractivity contribution >= 4 is 65.6 Å². The standard InChI is InChI=1S/C43H25NO2/c1-2-12-26(13-3-1)39-40-32-17-4-7-21-35(32)44-42(34(40)25-38-41(39)33-18-6-9-23-37(33)45-38)28-15-10-14-27(24-28)29-19-11-20-31-30-16-5-8-22-36(30)46-43(29)31/h1-25H. The van der Waals surface area contributed by atoms with Crippen LogP contribution >= 0.6 is 0 Å². The van der Waals surface area contributed by atoms with Gasteiger partial charge in [-0.3, -0.25) is 0 Å². The van der Waals surface area contributed by atoms with Crippen LogP contribution in [0.25, 0.3) is 99.1 Å². The molecule has 3 aromatic heterocycles. The minimum absolute atomic E-state index is 0.856. The zero-order chi connectivity index (χ0) is 30.2. The molecule has 10 rings (SSSR count). The van der Waals surface area contributed by atoms with Crippen LogP contribution in [0.1, 0.15) is 0 Å². The highest BCUT2D eigenvalue weighted by Gasteiger charge is 2.22. The third kappa shape index (κ3) is 3.63. The van der Waals surface area contributed by atoms with E-state index in [2.05, 4.69) is 127 Å². The summed E-state index contributed by atoms with van der Waals surface area (Å²) < 4.78 is 13.0. The molecular weight excluding hydrogens is 562 g/mol. The van der Waals surface area contributed by atoms with E-state index in [0.29, 0.717) is 0 Å². The Morgan fingerprint density at radius 2 is 1.04 bits per heavy atom. The lowest BCUT2D eigenvalue weighted by atomic mass is 9.89. The van der Waals surface area contributed by atoms with E-state index in [0.717, 1.165) is 88.1 Å². The molecule has 0 fully saturated rings. The first kappa shape index (κ1) is 25.2. The highest BCUT2D eigenvalue weighted by Crippen LogP contribution is 2.46. The van der Waals surface area contributed by atoms with Gasteiger partial charge in [0.1, 0.15) is 22.3 Å². The minimum atomic E-state index is 0.856. The van der Waals surface area contributed by atoms with Gasteiger partial charge in [-0.2, -0.15) is 0 Å². The molecule has 0 bridgehead atoms. The number of nitrogens with zero attached hydrogens (tertiary/aromatic N) is 1. The Bertz CT molecular complexity index is 2800. The first-order chi connectivity index (χ1) is 22.8. The molecule has 0 radical (unpaired) electrons. The van der Waals surface area contributed by atoms with Gasteiger partial charge in [-0.15, -0.1) is 0 Å². The average molecular weight is 588 g/mol. The van der Waals surface area contributed by atoms with Crippen LogP contribution in [0.4, 0.5) is 0 Å². The van der Waals surface area contributed by atoms with Crippen LogP contribution in [0.2, 0.25) is 0 Å². The van der Waals surface area contributed by atoms with Crippen molar-refractivity contribution in [3.8, 4) is 33.5 Å². The topological polar surface area (TPSA) is 39.2 Å². The molecule has 214 valence electrons. The molecule has 0 aliphatic rings. The number of aromatic nitrogens is 1. The molecule has 0 N–H and O–H groups in total. The molecule has 0 saturated carbocycles. The normalized spacial score (nSPS) is 11.9. The van der Waals surface area contributed by atoms with E-state index in [9.17, 15) is 0 Å². The summed E-state index contributed by atoms with van der Waals surface area (Å²) in [5, 5.41) is 7.84. The van der Waals surface area contributed by atoms with E-state index >= 15 is 0 Å². The third-order valence-corrected chi connectivity index (χ3v) is 9.24. The van der Waals surface area contributed by atoms with Crippen molar-refractivity contribution in [1.82, 2.24) is 4.98 Å². The summed E-state index contributed by atoms with van der Waals surface area (Å²) in [4.78, 5) is 5.34. The van der Waals surface area contributed by atoms with Gasteiger partial charge < -0.3 is 8.83 Å². The van der Waals surface area contributed by atoms with E-state index in [1.54, 1.807) is 0 Å². The van der Waals surface area contributed by atoms with Crippen LogP contribution in [-0.2, 0) is 0 Å². The Hall–Kier alpha value is -6.19. The highest BCUT2D eigenvalue weighted by atomic mass is 16.3. The largest absolute Gasteiger partial charge is 0.456 e. The van der Waals surface area contributed by atoms with Crippen molar-refractivity contribution in [2.45, 2.75) is 0 Å². The van der Waals surface area contributed by atoms with Gasteiger partial charge in [0.15, 0.2) is 0 Å². The molecule has 0 spiro atoms. The number of para-hydroxylation sites is 4. The van der Waals surface area contributed by atoms with Crippen LogP contribution in [0.3, 0.4) is 0 Å². The van der Waals surface area contributed by atoms with Gasteiger partial charge in [0, 0.05) is 54.4 Å². The Labute approximate surface area is 264 Å². The minimum Gasteiger partial charge on any atom is -0.456 e. The maximum Gasteiger partial charge on any atom is 0.143 e. The van der Waals surface area contributed by atoms with Crippen LogP contribution in [0, 0.1) is 0 Å². The monoisotopic (exact) mass is 587 g/mol. The zero-order valence-corrected chi connectivity index (χ0v) is 24.7. The number of rotatable bonds is 3. The van der Waals surface area contributed by atoms with E-state index in [-0.39, 0.29) is 0 Å². The summed E-state index contributed by atoms with van der Waals surface area (Å²) in [6, 6.07) is 52.9. The second-order valence-corrected chi connectivity index (χ2v) is 11.9. The smallest absolute Gasteiger partial charge is 0.143 e. The Morgan fingerprint density at radius 3 is 1.91 bits per heavy atom. The molecule has 0 aliphatic heterocycles. The van der Waals surface area contributed by atoms with E-state index in [1.165, 1.54) is 10.9 Å². The van der Waals surface area contributed by atoms with Crippen LogP contribution in [0.15, 0.2) is 160 Å². The third-order valence-electron chi connectivity index (χ3n) is 9.24. The molecular formula is C43H25NO2. The molecule has 0 amide bonds. The summed E-state index contributed by atoms with van der Waals surface area (Å²) in [6.07, 6.45) is 0. The Morgan fingerprint density at radius 1 is 0.391 bits per heavy atom. The van der Waals surface area contributed by atoms with Crippen LogP contribution < -0.4 is 0 Å². The van der Waals surface area contributed by atoms with Gasteiger partial charge >= 0.3 is 0 Å². The predicted molar refractivity (Wildman–Crippen MR) is 190 cm³/mol. The van der Waals surface area contributed by atoms with Gasteiger partial charge in [-0.25, -0.2) is 4.98 Å². The summed E-state index contributed by atoms with van der Waals surface area (Å²) >= 11 is 0. The summed E-state index contributed by atoms with van der Waals surface area (Å²) in [5.74, 6) is 0. The van der Waals surface area contributed by atoms with Crippen molar-refractivity contribution < 1.29 is 8.83 Å². The maximum absolute atomic E-state index is 6.56. The van der Waals surface area contributed by atoms with Crippen molar-refractivity contribution in [3.05, 3.63) is 152 Å². The average Bonchev–Trinajstić information content (AvgIpc) is 3.69. The molecule has 0 saturated heterocycles. The van der Waals surface area contributed by atoms with E-state index < -0.39 is 0 Å². The Kier molecular flexibility index (Phi) is 5.28. The van der Waals surface area contributed by atoms with Crippen LogP contribution in [0.5, 0.6) is 0 Å². The van der Waals surface area contributed by atoms with Gasteiger partial charge in [-0.05, 0) is 41.5 Å². The lowest BCUT2D eigenvalue weighted by molar-refractivity contribution is 0.669. The fourth-order valence-electron chi connectivity index (χ4n) is 7.24. The molecule has 46 heavy (non-hydrogen) atoms. The van der Waals surface area contributed by atoms with E-state index in [4.69, 9.17) is 13.8 Å². The maximum atomic E-state index is 6.56. The first-order valence-electron chi connectivity index (χ1n) is 15.5. The van der Waals surface area contributed by atoms with E-state index in [1.807, 2.05) is 24.3 Å². The van der Waals surface area contributed by atoms with Crippen LogP contribution in [-0.4, -0.2) is 4.98 Å². The van der Waals surface area contributed by atoms with Gasteiger partial charge in [0.25, 0.3) is 0 Å². The predicted octanol–water partition coefficient (Wildman–Crippen LogP) is 12.2. The Balaban J connectivity index is 1.31. The number of furan rings is 2. The second-order valence-electron chi connectivity index (χ2n) is 11.9. The molecule has 0 atom stereocenters. The molecule has 10 aromatic rings. The molecule has 3 heterocycles. The lowest BCUT2D eigenvalue weighted by Crippen LogP contribution is -1.93. The second kappa shape index (κ2) is 9.65. The molecule has 3 nitrogen and oxygen atoms in total. The van der Waals surface area contributed by atoms with Crippen molar-refractivity contribution in [2.24, 2.45) is 0 Å². The first-order valence-corrected chi connectivity index (χ1v) is 15.5. The lowest BCUT2D eigenvalue weighted by Gasteiger charge is -2.16. The van der Waals surface area contributed by atoms with Gasteiger partial charge in [-0.1, -0.05) is 121 Å². The van der Waals surface area contributed by atoms with Crippen molar-refractivity contribution in [1.29, 1.82) is 0 Å². The molecule has 0 aliphatic carbocycles. The van der Waals surface area contributed by atoms with Crippen molar-refractivity contribution in [3.63, 3.8) is 0 Å². The highest BCUT2D eigenvalue weighted by molar-refractivity contribution is 6.27. The molecule has 3 heteroatoms. The summed E-state index contributed by atoms with van der Waals surface area (Å²) in [7, 11) is 0. The number of hydrogen-bond donors (Lipinski definition) is 0. The number of pyridine rings is 1.